The van der Waals surface area contributed by atoms with E-state index in [1.54, 1.807) is 29.8 Å². The van der Waals surface area contributed by atoms with Gasteiger partial charge in [-0.25, -0.2) is 4.68 Å². The van der Waals surface area contributed by atoms with Crippen LogP contribution in [0.5, 0.6) is 0 Å². The van der Waals surface area contributed by atoms with Gasteiger partial charge < -0.3 is 10.0 Å². The van der Waals surface area contributed by atoms with Gasteiger partial charge in [0.2, 0.25) is 0 Å². The van der Waals surface area contributed by atoms with Gasteiger partial charge in [-0.1, -0.05) is 29.8 Å². The molecular weight excluding hydrogens is 320 g/mol. The first-order valence-electron chi connectivity index (χ1n) is 7.19. The average Bonchev–Trinajstić information content (AvgIpc) is 2.95. The van der Waals surface area contributed by atoms with E-state index in [0.717, 1.165) is 0 Å². The van der Waals surface area contributed by atoms with E-state index in [0.29, 0.717) is 22.8 Å². The Hall–Kier alpha value is -2.41. The molecule has 2 aromatic rings. The number of hydrogen-bond donors (Lipinski definition) is 1. The van der Waals surface area contributed by atoms with Gasteiger partial charge >= 0.3 is 5.97 Å². The maximum atomic E-state index is 12.5. The number of carboxylic acid groups (broad SMARTS) is 1. The maximum Gasteiger partial charge on any atom is 0.323 e. The molecule has 0 saturated heterocycles. The van der Waals surface area contributed by atoms with Crippen molar-refractivity contribution in [1.82, 2.24) is 19.9 Å². The zero-order chi connectivity index (χ0) is 17.0. The number of benzene rings is 1. The number of hydrogen-bond acceptors (Lipinski definition) is 4. The van der Waals surface area contributed by atoms with E-state index in [4.69, 9.17) is 16.7 Å². The fraction of sp³-hybridized carbons (Fsp3) is 0.333. The van der Waals surface area contributed by atoms with E-state index in [2.05, 4.69) is 10.3 Å². The molecule has 0 unspecified atom stereocenters. The van der Waals surface area contributed by atoms with Gasteiger partial charge in [-0.2, -0.15) is 0 Å². The number of rotatable bonds is 6. The Labute approximate surface area is 138 Å². The lowest BCUT2D eigenvalue weighted by Gasteiger charge is -2.17. The molecule has 1 aromatic heterocycles. The van der Waals surface area contributed by atoms with Crippen LogP contribution < -0.4 is 0 Å². The number of amides is 1. The molecule has 0 atom stereocenters. The Morgan fingerprint density at radius 2 is 2.09 bits per heavy atom. The third kappa shape index (κ3) is 3.68. The molecule has 1 aromatic carbocycles. The maximum absolute atomic E-state index is 12.5. The SMILES string of the molecule is CCc1c(C(=O)N(CC)CC(=O)O)nnn1-c1cccc(Cl)c1. The highest BCUT2D eigenvalue weighted by Gasteiger charge is 2.24. The number of aromatic nitrogens is 3. The highest BCUT2D eigenvalue weighted by atomic mass is 35.5. The van der Waals surface area contributed by atoms with Gasteiger partial charge in [0, 0.05) is 11.6 Å². The lowest BCUT2D eigenvalue weighted by molar-refractivity contribution is -0.137. The summed E-state index contributed by atoms with van der Waals surface area (Å²) in [5, 5.41) is 17.4. The molecule has 0 aliphatic carbocycles. The van der Waals surface area contributed by atoms with E-state index >= 15 is 0 Å². The first kappa shape index (κ1) is 17.0. The second-order valence-electron chi connectivity index (χ2n) is 4.84. The molecule has 0 radical (unpaired) electrons. The summed E-state index contributed by atoms with van der Waals surface area (Å²) in [7, 11) is 0. The topological polar surface area (TPSA) is 88.3 Å². The Morgan fingerprint density at radius 3 is 2.65 bits per heavy atom. The number of aliphatic carboxylic acids is 1. The van der Waals surface area contributed by atoms with Crippen molar-refractivity contribution in [2.75, 3.05) is 13.1 Å². The zero-order valence-corrected chi connectivity index (χ0v) is 13.6. The highest BCUT2D eigenvalue weighted by molar-refractivity contribution is 6.30. The van der Waals surface area contributed by atoms with Crippen LogP contribution in [0.1, 0.15) is 30.0 Å². The lowest BCUT2D eigenvalue weighted by Crippen LogP contribution is -2.36. The molecule has 8 heteroatoms. The minimum Gasteiger partial charge on any atom is -0.480 e. The standard InChI is InChI=1S/C15H17ClN4O3/c1-3-12-14(15(23)19(4-2)9-13(21)22)17-18-20(12)11-7-5-6-10(16)8-11/h5-8H,3-4,9H2,1-2H3,(H,21,22). The lowest BCUT2D eigenvalue weighted by atomic mass is 10.2. The summed E-state index contributed by atoms with van der Waals surface area (Å²) in [6, 6.07) is 7.05. The van der Waals surface area contributed by atoms with Crippen molar-refractivity contribution < 1.29 is 14.7 Å². The molecule has 0 aliphatic rings. The van der Waals surface area contributed by atoms with Crippen LogP contribution in [0.15, 0.2) is 24.3 Å². The number of carbonyl (C=O) groups excluding carboxylic acids is 1. The molecule has 0 spiro atoms. The summed E-state index contributed by atoms with van der Waals surface area (Å²) in [5.74, 6) is -1.51. The molecule has 122 valence electrons. The third-order valence-electron chi connectivity index (χ3n) is 3.35. The van der Waals surface area contributed by atoms with Crippen molar-refractivity contribution >= 4 is 23.5 Å². The van der Waals surface area contributed by atoms with E-state index in [1.807, 2.05) is 13.0 Å². The summed E-state index contributed by atoms with van der Waals surface area (Å²) in [6.45, 7) is 3.50. The van der Waals surface area contributed by atoms with E-state index in [-0.39, 0.29) is 18.8 Å². The number of carboxylic acids is 1. The van der Waals surface area contributed by atoms with Crippen LogP contribution in [0.25, 0.3) is 5.69 Å². The van der Waals surface area contributed by atoms with Crippen molar-refractivity contribution in [3.05, 3.63) is 40.7 Å². The Kier molecular flexibility index (Phi) is 5.33. The van der Waals surface area contributed by atoms with E-state index in [1.165, 1.54) is 4.90 Å². The molecule has 1 amide bonds. The molecule has 0 bridgehead atoms. The summed E-state index contributed by atoms with van der Waals surface area (Å²) in [6.07, 6.45) is 0.519. The summed E-state index contributed by atoms with van der Waals surface area (Å²) >= 11 is 5.99. The minimum absolute atomic E-state index is 0.163. The van der Waals surface area contributed by atoms with Crippen molar-refractivity contribution in [2.45, 2.75) is 20.3 Å². The van der Waals surface area contributed by atoms with E-state index < -0.39 is 11.9 Å². The first-order valence-corrected chi connectivity index (χ1v) is 7.57. The fourth-order valence-electron chi connectivity index (χ4n) is 2.24. The minimum atomic E-state index is -1.07. The smallest absolute Gasteiger partial charge is 0.323 e. The number of carbonyl (C=O) groups is 2. The molecule has 1 N–H and O–H groups in total. The molecule has 7 nitrogen and oxygen atoms in total. The quantitative estimate of drug-likeness (QED) is 0.872. The first-order chi connectivity index (χ1) is 11.0. The van der Waals surface area contributed by atoms with Gasteiger partial charge in [0.15, 0.2) is 5.69 Å². The van der Waals surface area contributed by atoms with Crippen LogP contribution >= 0.6 is 11.6 Å². The van der Waals surface area contributed by atoms with E-state index in [9.17, 15) is 9.59 Å². The predicted octanol–water partition coefficient (Wildman–Crippen LogP) is 2.03. The van der Waals surface area contributed by atoms with Crippen LogP contribution in [0, 0.1) is 0 Å². The summed E-state index contributed by atoms with van der Waals surface area (Å²) < 4.78 is 1.55. The Morgan fingerprint density at radius 1 is 1.35 bits per heavy atom. The largest absolute Gasteiger partial charge is 0.480 e. The highest BCUT2D eigenvalue weighted by Crippen LogP contribution is 2.18. The second kappa shape index (κ2) is 7.23. The number of halogens is 1. The van der Waals surface area contributed by atoms with Gasteiger partial charge in [0.25, 0.3) is 5.91 Å². The van der Waals surface area contributed by atoms with Gasteiger partial charge in [0.1, 0.15) is 6.54 Å². The van der Waals surface area contributed by atoms with Crippen LogP contribution in [-0.2, 0) is 11.2 Å². The molecule has 1 heterocycles. The third-order valence-corrected chi connectivity index (χ3v) is 3.58. The molecule has 2 rings (SSSR count). The van der Waals surface area contributed by atoms with Gasteiger partial charge in [-0.15, -0.1) is 5.10 Å². The van der Waals surface area contributed by atoms with Crippen molar-refractivity contribution in [3.8, 4) is 5.69 Å². The van der Waals surface area contributed by atoms with Crippen LogP contribution in [0.3, 0.4) is 0 Å². The molecule has 0 aliphatic heterocycles. The van der Waals surface area contributed by atoms with Crippen LogP contribution in [0.2, 0.25) is 5.02 Å². The number of nitrogens with zero attached hydrogens (tertiary/aromatic N) is 4. The summed E-state index contributed by atoms with van der Waals surface area (Å²) in [4.78, 5) is 24.6. The Bertz CT molecular complexity index is 729. The van der Waals surface area contributed by atoms with Crippen molar-refractivity contribution in [1.29, 1.82) is 0 Å². The van der Waals surface area contributed by atoms with Crippen LogP contribution in [0.4, 0.5) is 0 Å². The fourth-order valence-corrected chi connectivity index (χ4v) is 2.43. The van der Waals surface area contributed by atoms with Crippen molar-refractivity contribution in [3.63, 3.8) is 0 Å². The molecule has 23 heavy (non-hydrogen) atoms. The van der Waals surface area contributed by atoms with Gasteiger partial charge in [-0.05, 0) is 31.5 Å². The van der Waals surface area contributed by atoms with Crippen LogP contribution in [-0.4, -0.2) is 50.0 Å². The molecule has 0 fully saturated rings. The predicted molar refractivity (Wildman–Crippen MR) is 85.0 cm³/mol. The zero-order valence-electron chi connectivity index (χ0n) is 12.9. The molecular formula is C15H17ClN4O3. The van der Waals surface area contributed by atoms with Gasteiger partial charge in [0.05, 0.1) is 11.4 Å². The van der Waals surface area contributed by atoms with Gasteiger partial charge in [-0.3, -0.25) is 9.59 Å². The second-order valence-corrected chi connectivity index (χ2v) is 5.28. The number of likely N-dealkylation sites (N-methyl/N-ethyl adjacent to an activating group) is 1. The monoisotopic (exact) mass is 336 g/mol. The average molecular weight is 337 g/mol. The normalized spacial score (nSPS) is 10.6. The Balaban J connectivity index is 2.41. The van der Waals surface area contributed by atoms with Crippen molar-refractivity contribution in [2.24, 2.45) is 0 Å². The molecule has 0 saturated carbocycles. The summed E-state index contributed by atoms with van der Waals surface area (Å²) in [5.41, 5.74) is 1.47.